The number of pyridine rings is 2. The zero-order chi connectivity index (χ0) is 25.7. The number of carbonyl (C=O) groups excluding carboxylic acids is 1. The molecule has 6 nitrogen and oxygen atoms in total. The molecule has 0 bridgehead atoms. The first kappa shape index (κ1) is 23.7. The monoisotopic (exact) mass is 491 g/mol. The van der Waals surface area contributed by atoms with Crippen LogP contribution in [0.5, 0.6) is 0 Å². The SMILES string of the molecule is C=Cc1ccc2c(-c3cc(C#N)c(N4CCN(C(=O)C5CC5)C(C(C)C)C4)nc3C3CC3)cccc2n1. The number of amides is 1. The van der Waals surface area contributed by atoms with Crippen LogP contribution in [0.3, 0.4) is 0 Å². The van der Waals surface area contributed by atoms with Gasteiger partial charge in [0.2, 0.25) is 5.91 Å². The van der Waals surface area contributed by atoms with E-state index in [4.69, 9.17) is 9.97 Å². The fourth-order valence-corrected chi connectivity index (χ4v) is 5.66. The zero-order valence-electron chi connectivity index (χ0n) is 21.7. The molecule has 0 spiro atoms. The molecule has 1 amide bonds. The molecular weight excluding hydrogens is 458 g/mol. The summed E-state index contributed by atoms with van der Waals surface area (Å²) in [4.78, 5) is 27.3. The molecule has 3 fully saturated rings. The van der Waals surface area contributed by atoms with Crippen molar-refractivity contribution in [2.24, 2.45) is 11.8 Å². The Morgan fingerprint density at radius 1 is 1.11 bits per heavy atom. The highest BCUT2D eigenvalue weighted by Gasteiger charge is 2.40. The summed E-state index contributed by atoms with van der Waals surface area (Å²) in [5, 5.41) is 11.3. The van der Waals surface area contributed by atoms with Crippen molar-refractivity contribution in [1.82, 2.24) is 14.9 Å². The van der Waals surface area contributed by atoms with Gasteiger partial charge in [0.15, 0.2) is 0 Å². The van der Waals surface area contributed by atoms with E-state index in [1.807, 2.05) is 24.3 Å². The Labute approximate surface area is 218 Å². The maximum Gasteiger partial charge on any atom is 0.226 e. The van der Waals surface area contributed by atoms with Crippen molar-refractivity contribution < 1.29 is 4.79 Å². The molecule has 37 heavy (non-hydrogen) atoms. The molecule has 1 saturated heterocycles. The van der Waals surface area contributed by atoms with E-state index in [-0.39, 0.29) is 12.0 Å². The van der Waals surface area contributed by atoms with Gasteiger partial charge in [-0.25, -0.2) is 9.97 Å². The molecule has 6 heteroatoms. The van der Waals surface area contributed by atoms with Crippen molar-refractivity contribution in [2.75, 3.05) is 24.5 Å². The fourth-order valence-electron chi connectivity index (χ4n) is 5.66. The predicted octanol–water partition coefficient (Wildman–Crippen LogP) is 5.77. The molecule has 1 atom stereocenters. The van der Waals surface area contributed by atoms with Gasteiger partial charge in [0, 0.05) is 42.4 Å². The average Bonchev–Trinajstić information content (AvgIpc) is 3.84. The number of aromatic nitrogens is 2. The lowest BCUT2D eigenvalue weighted by molar-refractivity contribution is -0.136. The Kier molecular flexibility index (Phi) is 5.95. The highest BCUT2D eigenvalue weighted by molar-refractivity contribution is 5.96. The Bertz CT molecular complexity index is 1430. The molecule has 2 aromatic heterocycles. The number of fused-ring (bicyclic) bond motifs is 1. The third kappa shape index (κ3) is 4.37. The molecule has 0 N–H and O–H groups in total. The highest BCUT2D eigenvalue weighted by Crippen LogP contribution is 2.46. The molecule has 3 heterocycles. The molecule has 2 saturated carbocycles. The van der Waals surface area contributed by atoms with Crippen LogP contribution >= 0.6 is 0 Å². The second-order valence-electron chi connectivity index (χ2n) is 11.1. The lowest BCUT2D eigenvalue weighted by atomic mass is 9.95. The van der Waals surface area contributed by atoms with Crippen molar-refractivity contribution in [3.05, 3.63) is 59.9 Å². The van der Waals surface area contributed by atoms with Gasteiger partial charge < -0.3 is 9.80 Å². The van der Waals surface area contributed by atoms with Gasteiger partial charge in [-0.3, -0.25) is 4.79 Å². The Morgan fingerprint density at radius 3 is 2.59 bits per heavy atom. The minimum atomic E-state index is 0.127. The summed E-state index contributed by atoms with van der Waals surface area (Å²) in [6.07, 6.45) is 6.04. The average molecular weight is 492 g/mol. The Hall–Kier alpha value is -3.72. The van der Waals surface area contributed by atoms with E-state index in [1.54, 1.807) is 6.08 Å². The number of hydrogen-bond acceptors (Lipinski definition) is 5. The molecule has 0 radical (unpaired) electrons. The molecule has 3 aromatic rings. The number of nitriles is 1. The van der Waals surface area contributed by atoms with Crippen LogP contribution in [0.4, 0.5) is 5.82 Å². The van der Waals surface area contributed by atoms with Crippen molar-refractivity contribution >= 4 is 28.7 Å². The van der Waals surface area contributed by atoms with E-state index in [0.717, 1.165) is 64.9 Å². The van der Waals surface area contributed by atoms with Gasteiger partial charge in [-0.1, -0.05) is 38.6 Å². The largest absolute Gasteiger partial charge is 0.352 e. The molecule has 6 rings (SSSR count). The summed E-state index contributed by atoms with van der Waals surface area (Å²) >= 11 is 0. The number of hydrogen-bond donors (Lipinski definition) is 0. The minimum absolute atomic E-state index is 0.127. The van der Waals surface area contributed by atoms with Crippen molar-refractivity contribution in [3.63, 3.8) is 0 Å². The van der Waals surface area contributed by atoms with Crippen molar-refractivity contribution in [2.45, 2.75) is 51.5 Å². The van der Waals surface area contributed by atoms with E-state index in [9.17, 15) is 10.1 Å². The summed E-state index contributed by atoms with van der Waals surface area (Å²) < 4.78 is 0. The number of piperazine rings is 1. The maximum atomic E-state index is 13.0. The zero-order valence-corrected chi connectivity index (χ0v) is 21.7. The third-order valence-corrected chi connectivity index (χ3v) is 8.07. The predicted molar refractivity (Wildman–Crippen MR) is 147 cm³/mol. The molecule has 1 aromatic carbocycles. The minimum Gasteiger partial charge on any atom is -0.352 e. The van der Waals surface area contributed by atoms with Gasteiger partial charge >= 0.3 is 0 Å². The second-order valence-corrected chi connectivity index (χ2v) is 11.1. The summed E-state index contributed by atoms with van der Waals surface area (Å²) in [6, 6.07) is 14.8. The summed E-state index contributed by atoms with van der Waals surface area (Å²) in [5.74, 6) is 2.05. The van der Waals surface area contributed by atoms with Crippen LogP contribution in [0.25, 0.3) is 28.1 Å². The van der Waals surface area contributed by atoms with E-state index < -0.39 is 0 Å². The first-order valence-corrected chi connectivity index (χ1v) is 13.5. The van der Waals surface area contributed by atoms with Crippen LogP contribution < -0.4 is 4.90 Å². The highest BCUT2D eigenvalue weighted by atomic mass is 16.2. The number of nitrogens with zero attached hydrogens (tertiary/aromatic N) is 5. The lowest BCUT2D eigenvalue weighted by Gasteiger charge is -2.44. The quantitative estimate of drug-likeness (QED) is 0.438. The molecular formula is C31H33N5O. The summed E-state index contributed by atoms with van der Waals surface area (Å²) in [5.41, 5.74) is 5.53. The van der Waals surface area contributed by atoms with Gasteiger partial charge in [0.1, 0.15) is 11.9 Å². The fraction of sp³-hybridized carbons (Fsp3) is 0.419. The number of rotatable bonds is 6. The third-order valence-electron chi connectivity index (χ3n) is 8.07. The smallest absolute Gasteiger partial charge is 0.226 e. The van der Waals surface area contributed by atoms with Crippen LogP contribution in [-0.2, 0) is 4.79 Å². The van der Waals surface area contributed by atoms with Crippen LogP contribution in [0.1, 0.15) is 62.4 Å². The summed E-state index contributed by atoms with van der Waals surface area (Å²) in [6.45, 7) is 10.3. The van der Waals surface area contributed by atoms with E-state index in [0.29, 0.717) is 42.9 Å². The number of carbonyl (C=O) groups is 1. The van der Waals surface area contributed by atoms with Gasteiger partial charge in [0.05, 0.1) is 28.5 Å². The Balaban J connectivity index is 1.41. The normalized spacial score (nSPS) is 19.8. The lowest BCUT2D eigenvalue weighted by Crippen LogP contribution is -2.58. The van der Waals surface area contributed by atoms with E-state index in [2.05, 4.69) is 48.4 Å². The van der Waals surface area contributed by atoms with Gasteiger partial charge in [0.25, 0.3) is 0 Å². The number of benzene rings is 1. The summed E-state index contributed by atoms with van der Waals surface area (Å²) in [7, 11) is 0. The number of anilines is 1. The standard InChI is InChI=1S/C31H33N5O/c1-4-23-12-13-25-24(6-5-7-27(25)33-23)26-16-22(17-32)30(34-29(26)20-8-9-20)35-14-15-36(28(18-35)19(2)3)31(37)21-10-11-21/h4-7,12-13,16,19-21,28H,1,8-11,14-15,18H2,2-3H3. The maximum absolute atomic E-state index is 13.0. The van der Waals surface area contributed by atoms with Crippen LogP contribution in [0, 0.1) is 23.2 Å². The molecule has 3 aliphatic rings. The van der Waals surface area contributed by atoms with E-state index >= 15 is 0 Å². The molecule has 1 aliphatic heterocycles. The molecule has 2 aliphatic carbocycles. The van der Waals surface area contributed by atoms with Gasteiger partial charge in [-0.05, 0) is 61.4 Å². The van der Waals surface area contributed by atoms with Crippen LogP contribution in [0.2, 0.25) is 0 Å². The topological polar surface area (TPSA) is 73.1 Å². The van der Waals surface area contributed by atoms with Gasteiger partial charge in [-0.2, -0.15) is 5.26 Å². The van der Waals surface area contributed by atoms with Crippen LogP contribution in [0.15, 0.2) is 43.0 Å². The first-order chi connectivity index (χ1) is 18.0. The Morgan fingerprint density at radius 2 is 1.92 bits per heavy atom. The van der Waals surface area contributed by atoms with Crippen LogP contribution in [-0.4, -0.2) is 46.5 Å². The molecule has 1 unspecified atom stereocenters. The van der Waals surface area contributed by atoms with Crippen molar-refractivity contribution in [1.29, 1.82) is 5.26 Å². The van der Waals surface area contributed by atoms with E-state index in [1.165, 1.54) is 0 Å². The van der Waals surface area contributed by atoms with Gasteiger partial charge in [-0.15, -0.1) is 0 Å². The molecule has 188 valence electrons. The first-order valence-electron chi connectivity index (χ1n) is 13.5. The second kappa shape index (κ2) is 9.30. The van der Waals surface area contributed by atoms with Crippen molar-refractivity contribution in [3.8, 4) is 17.2 Å².